The number of nitrogens with one attached hydrogen (secondary N) is 1. The van der Waals surface area contributed by atoms with Crippen molar-refractivity contribution in [2.45, 2.75) is 13.0 Å². The molecule has 0 radical (unpaired) electrons. The molecule has 0 aromatic heterocycles. The number of phenolic OH excluding ortho intramolecular Hbond substituents is 1. The van der Waals surface area contributed by atoms with Gasteiger partial charge in [-0.2, -0.15) is 0 Å². The summed E-state index contributed by atoms with van der Waals surface area (Å²) in [5.41, 5.74) is 0.0180. The molecule has 128 valence electrons. The van der Waals surface area contributed by atoms with Crippen molar-refractivity contribution in [1.82, 2.24) is 5.32 Å². The van der Waals surface area contributed by atoms with E-state index in [1.807, 2.05) is 0 Å². The summed E-state index contributed by atoms with van der Waals surface area (Å²) in [4.78, 5) is 12.2. The van der Waals surface area contributed by atoms with E-state index in [-0.39, 0.29) is 0 Å². The predicted molar refractivity (Wildman–Crippen MR) is 83.5 cm³/mol. The molecule has 24 heavy (non-hydrogen) atoms. The first-order valence-electron chi connectivity index (χ1n) is 7.08. The van der Waals surface area contributed by atoms with Gasteiger partial charge in [-0.3, -0.25) is 4.79 Å². The van der Waals surface area contributed by atoms with E-state index in [4.69, 9.17) is 9.47 Å². The van der Waals surface area contributed by atoms with Gasteiger partial charge in [0.15, 0.2) is 0 Å². The Morgan fingerprint density at radius 1 is 1.17 bits per heavy atom. The lowest BCUT2D eigenvalue weighted by Gasteiger charge is -2.18. The summed E-state index contributed by atoms with van der Waals surface area (Å²) in [6.45, 7) is 1.67. The SMILES string of the molecule is COc1ccc(C(C)NC(=O)c2c(O)cc(F)cc2F)c(OC)c1. The second kappa shape index (κ2) is 7.16. The van der Waals surface area contributed by atoms with Crippen LogP contribution in [-0.2, 0) is 0 Å². The van der Waals surface area contributed by atoms with Crippen LogP contribution in [0.25, 0.3) is 0 Å². The monoisotopic (exact) mass is 337 g/mol. The predicted octanol–water partition coefficient (Wildman–Crippen LogP) is 3.18. The van der Waals surface area contributed by atoms with E-state index in [0.717, 1.165) is 0 Å². The van der Waals surface area contributed by atoms with Gasteiger partial charge in [0.2, 0.25) is 0 Å². The number of carbonyl (C=O) groups is 1. The summed E-state index contributed by atoms with van der Waals surface area (Å²) in [5.74, 6) is -2.68. The molecule has 0 bridgehead atoms. The Labute approximate surface area is 137 Å². The lowest BCUT2D eigenvalue weighted by molar-refractivity contribution is 0.0932. The van der Waals surface area contributed by atoms with Crippen LogP contribution in [0.2, 0.25) is 0 Å². The molecule has 0 aliphatic rings. The lowest BCUT2D eigenvalue weighted by atomic mass is 10.1. The number of amides is 1. The smallest absolute Gasteiger partial charge is 0.258 e. The molecule has 0 saturated heterocycles. The first kappa shape index (κ1) is 17.5. The van der Waals surface area contributed by atoms with Crippen LogP contribution in [-0.4, -0.2) is 25.2 Å². The van der Waals surface area contributed by atoms with Gasteiger partial charge in [-0.05, 0) is 19.1 Å². The minimum absolute atomic E-state index is 0.478. The maximum Gasteiger partial charge on any atom is 0.258 e. The van der Waals surface area contributed by atoms with Crippen molar-refractivity contribution in [3.8, 4) is 17.2 Å². The zero-order valence-electron chi connectivity index (χ0n) is 13.4. The van der Waals surface area contributed by atoms with E-state index < -0.39 is 34.9 Å². The zero-order chi connectivity index (χ0) is 17.9. The van der Waals surface area contributed by atoms with Crippen LogP contribution in [0.15, 0.2) is 30.3 Å². The molecule has 0 aliphatic heterocycles. The fraction of sp³-hybridized carbons (Fsp3) is 0.235. The molecule has 1 unspecified atom stereocenters. The topological polar surface area (TPSA) is 67.8 Å². The van der Waals surface area contributed by atoms with Crippen molar-refractivity contribution in [1.29, 1.82) is 0 Å². The largest absolute Gasteiger partial charge is 0.507 e. The summed E-state index contributed by atoms with van der Waals surface area (Å²) in [7, 11) is 2.98. The van der Waals surface area contributed by atoms with Gasteiger partial charge in [-0.1, -0.05) is 0 Å². The van der Waals surface area contributed by atoms with Crippen LogP contribution < -0.4 is 14.8 Å². The molecule has 2 N–H and O–H groups in total. The third-order valence-corrected chi connectivity index (χ3v) is 3.52. The summed E-state index contributed by atoms with van der Waals surface area (Å²) in [5, 5.41) is 12.2. The summed E-state index contributed by atoms with van der Waals surface area (Å²) in [6, 6.07) is 5.69. The Balaban J connectivity index is 2.27. The maximum absolute atomic E-state index is 13.8. The van der Waals surface area contributed by atoms with Gasteiger partial charge in [-0.15, -0.1) is 0 Å². The van der Waals surface area contributed by atoms with E-state index >= 15 is 0 Å². The molecule has 0 heterocycles. The highest BCUT2D eigenvalue weighted by Crippen LogP contribution is 2.30. The average Bonchev–Trinajstić information content (AvgIpc) is 2.52. The molecule has 1 amide bonds. The fourth-order valence-electron chi connectivity index (χ4n) is 2.31. The van der Waals surface area contributed by atoms with Gasteiger partial charge in [-0.25, -0.2) is 8.78 Å². The summed E-state index contributed by atoms with van der Waals surface area (Å²) in [6.07, 6.45) is 0. The van der Waals surface area contributed by atoms with E-state index in [1.54, 1.807) is 25.1 Å². The molecule has 0 aliphatic carbocycles. The average molecular weight is 337 g/mol. The number of phenols is 1. The Hall–Kier alpha value is -2.83. The first-order valence-corrected chi connectivity index (χ1v) is 7.08. The Morgan fingerprint density at radius 2 is 1.88 bits per heavy atom. The van der Waals surface area contributed by atoms with Crippen molar-refractivity contribution >= 4 is 5.91 Å². The number of halogens is 2. The van der Waals surface area contributed by atoms with Crippen molar-refractivity contribution in [2.75, 3.05) is 14.2 Å². The van der Waals surface area contributed by atoms with Crippen molar-refractivity contribution in [3.05, 3.63) is 53.1 Å². The molecule has 2 rings (SSSR count). The molecule has 2 aromatic carbocycles. The standard InChI is InChI=1S/C17H17F2NO4/c1-9(12-5-4-11(23-2)8-15(12)24-3)20-17(22)16-13(19)6-10(18)7-14(16)21/h4-9,21H,1-3H3,(H,20,22). The molecule has 2 aromatic rings. The van der Waals surface area contributed by atoms with Crippen LogP contribution in [0, 0.1) is 11.6 Å². The van der Waals surface area contributed by atoms with E-state index in [1.165, 1.54) is 14.2 Å². The highest BCUT2D eigenvalue weighted by Gasteiger charge is 2.22. The van der Waals surface area contributed by atoms with E-state index in [2.05, 4.69) is 5.32 Å². The second-order valence-corrected chi connectivity index (χ2v) is 5.08. The molecule has 0 spiro atoms. The number of carbonyl (C=O) groups excluding carboxylic acids is 1. The van der Waals surface area contributed by atoms with Crippen LogP contribution in [0.5, 0.6) is 17.2 Å². The highest BCUT2D eigenvalue weighted by molar-refractivity contribution is 5.97. The normalized spacial score (nSPS) is 11.7. The van der Waals surface area contributed by atoms with Gasteiger partial charge in [0.1, 0.15) is 34.4 Å². The third-order valence-electron chi connectivity index (χ3n) is 3.52. The maximum atomic E-state index is 13.8. The van der Waals surface area contributed by atoms with E-state index in [0.29, 0.717) is 29.2 Å². The molecular weight excluding hydrogens is 320 g/mol. The Morgan fingerprint density at radius 3 is 2.46 bits per heavy atom. The zero-order valence-corrected chi connectivity index (χ0v) is 13.4. The van der Waals surface area contributed by atoms with Gasteiger partial charge in [0, 0.05) is 23.8 Å². The lowest BCUT2D eigenvalue weighted by Crippen LogP contribution is -2.28. The van der Waals surface area contributed by atoms with Crippen molar-refractivity contribution in [3.63, 3.8) is 0 Å². The quantitative estimate of drug-likeness (QED) is 0.879. The molecular formula is C17H17F2NO4. The van der Waals surface area contributed by atoms with Crippen LogP contribution in [0.4, 0.5) is 8.78 Å². The second-order valence-electron chi connectivity index (χ2n) is 5.08. The molecule has 1 atom stereocenters. The number of hydrogen-bond donors (Lipinski definition) is 2. The van der Waals surface area contributed by atoms with Gasteiger partial charge >= 0.3 is 0 Å². The number of aromatic hydroxyl groups is 1. The first-order chi connectivity index (χ1) is 11.4. The number of rotatable bonds is 5. The summed E-state index contributed by atoms with van der Waals surface area (Å²) >= 11 is 0. The van der Waals surface area contributed by atoms with Crippen molar-refractivity contribution in [2.24, 2.45) is 0 Å². The van der Waals surface area contributed by atoms with Crippen LogP contribution in [0.3, 0.4) is 0 Å². The molecule has 7 heteroatoms. The fourth-order valence-corrected chi connectivity index (χ4v) is 2.31. The van der Waals surface area contributed by atoms with Crippen LogP contribution in [0.1, 0.15) is 28.9 Å². The molecule has 5 nitrogen and oxygen atoms in total. The number of ether oxygens (including phenoxy) is 2. The minimum Gasteiger partial charge on any atom is -0.507 e. The van der Waals surface area contributed by atoms with Gasteiger partial charge in [0.05, 0.1) is 20.3 Å². The highest BCUT2D eigenvalue weighted by atomic mass is 19.1. The van der Waals surface area contributed by atoms with E-state index in [9.17, 15) is 18.7 Å². The number of methoxy groups -OCH3 is 2. The van der Waals surface area contributed by atoms with Crippen molar-refractivity contribution < 1.29 is 28.2 Å². The molecule has 0 saturated carbocycles. The van der Waals surface area contributed by atoms with Gasteiger partial charge < -0.3 is 19.9 Å². The Kier molecular flexibility index (Phi) is 5.23. The number of benzene rings is 2. The third kappa shape index (κ3) is 3.56. The number of hydrogen-bond acceptors (Lipinski definition) is 4. The Bertz CT molecular complexity index is 741. The molecule has 0 fully saturated rings. The van der Waals surface area contributed by atoms with Gasteiger partial charge in [0.25, 0.3) is 5.91 Å². The minimum atomic E-state index is -1.14. The van der Waals surface area contributed by atoms with Crippen LogP contribution >= 0.6 is 0 Å². The summed E-state index contributed by atoms with van der Waals surface area (Å²) < 4.78 is 37.1.